The fourth-order valence-corrected chi connectivity index (χ4v) is 3.42. The number of hydrogen-bond acceptors (Lipinski definition) is 3. The lowest BCUT2D eigenvalue weighted by molar-refractivity contribution is 0.621. The van der Waals surface area contributed by atoms with E-state index in [1.165, 1.54) is 10.9 Å². The molecule has 1 N–H and O–H groups in total. The first kappa shape index (κ1) is 15.6. The van der Waals surface area contributed by atoms with Crippen molar-refractivity contribution in [2.24, 2.45) is 0 Å². The molecule has 1 aromatic heterocycles. The smallest absolute Gasteiger partial charge is 0.137 e. The Morgan fingerprint density at radius 3 is 2.80 bits per heavy atom. The molecule has 0 aliphatic carbocycles. The molecule has 1 aromatic carbocycles. The van der Waals surface area contributed by atoms with Gasteiger partial charge < -0.3 is 5.32 Å². The molecule has 5 heteroatoms. The van der Waals surface area contributed by atoms with Crippen LogP contribution < -0.4 is 5.32 Å². The predicted molar refractivity (Wildman–Crippen MR) is 86.6 cm³/mol. The van der Waals surface area contributed by atoms with Crippen molar-refractivity contribution in [2.45, 2.75) is 33.2 Å². The summed E-state index contributed by atoms with van der Waals surface area (Å²) in [6.45, 7) is 6.14. The predicted octanol–water partition coefficient (Wildman–Crippen LogP) is 4.77. The van der Waals surface area contributed by atoms with E-state index >= 15 is 0 Å². The molecule has 1 heterocycles. The molecular weight excluding hydrogens is 339 g/mol. The van der Waals surface area contributed by atoms with Gasteiger partial charge in [0.05, 0.1) is 10.2 Å². The van der Waals surface area contributed by atoms with Crippen LogP contribution in [0.3, 0.4) is 0 Å². The van der Waals surface area contributed by atoms with Gasteiger partial charge in [-0.15, -0.1) is 11.3 Å². The lowest BCUT2D eigenvalue weighted by Gasteiger charge is -2.01. The minimum absolute atomic E-state index is 0.245. The van der Waals surface area contributed by atoms with Crippen LogP contribution in [0.1, 0.15) is 30.8 Å². The molecule has 0 bridgehead atoms. The number of aromatic nitrogens is 1. The Morgan fingerprint density at radius 2 is 2.15 bits per heavy atom. The molecule has 2 rings (SSSR count). The first-order valence-electron chi connectivity index (χ1n) is 6.80. The first-order valence-corrected chi connectivity index (χ1v) is 8.41. The number of thiazole rings is 1. The Labute approximate surface area is 131 Å². The summed E-state index contributed by atoms with van der Waals surface area (Å²) in [6.07, 6.45) is 2.04. The number of rotatable bonds is 6. The van der Waals surface area contributed by atoms with Crippen LogP contribution >= 0.6 is 27.3 Å². The number of nitrogens with one attached hydrogen (secondary N) is 1. The Balaban J connectivity index is 2.25. The van der Waals surface area contributed by atoms with Crippen LogP contribution in [0.15, 0.2) is 22.7 Å². The molecule has 20 heavy (non-hydrogen) atoms. The Kier molecular flexibility index (Phi) is 5.69. The fraction of sp³-hybridized carbons (Fsp3) is 0.400. The summed E-state index contributed by atoms with van der Waals surface area (Å²) in [6, 6.07) is 5.04. The highest BCUT2D eigenvalue weighted by Gasteiger charge is 2.12. The molecule has 0 fully saturated rings. The van der Waals surface area contributed by atoms with E-state index in [1.54, 1.807) is 23.5 Å². The molecule has 0 atom stereocenters. The second-order valence-electron chi connectivity index (χ2n) is 4.55. The largest absolute Gasteiger partial charge is 0.312 e. The van der Waals surface area contributed by atoms with Gasteiger partial charge in [-0.25, -0.2) is 9.37 Å². The molecular formula is C15H18BrFN2S. The van der Waals surface area contributed by atoms with Crippen molar-refractivity contribution in [1.82, 2.24) is 10.3 Å². The van der Waals surface area contributed by atoms with Gasteiger partial charge in [-0.05, 0) is 53.5 Å². The molecule has 2 aromatic rings. The van der Waals surface area contributed by atoms with E-state index in [1.807, 2.05) is 0 Å². The molecule has 2 nitrogen and oxygen atoms in total. The van der Waals surface area contributed by atoms with Crippen molar-refractivity contribution in [3.05, 3.63) is 39.1 Å². The van der Waals surface area contributed by atoms with Crippen LogP contribution in [0.4, 0.5) is 4.39 Å². The molecule has 0 saturated carbocycles. The third-order valence-corrected chi connectivity index (χ3v) is 4.75. The summed E-state index contributed by atoms with van der Waals surface area (Å²) >= 11 is 4.91. The summed E-state index contributed by atoms with van der Waals surface area (Å²) in [5.74, 6) is -0.245. The minimum atomic E-state index is -0.245. The minimum Gasteiger partial charge on any atom is -0.312 e. The average Bonchev–Trinajstić information content (AvgIpc) is 2.85. The van der Waals surface area contributed by atoms with E-state index in [4.69, 9.17) is 0 Å². The zero-order chi connectivity index (χ0) is 14.5. The summed E-state index contributed by atoms with van der Waals surface area (Å²) in [5, 5.41) is 4.37. The highest BCUT2D eigenvalue weighted by molar-refractivity contribution is 9.10. The number of benzene rings is 1. The zero-order valence-electron chi connectivity index (χ0n) is 11.7. The van der Waals surface area contributed by atoms with Gasteiger partial charge in [-0.3, -0.25) is 0 Å². The summed E-state index contributed by atoms with van der Waals surface area (Å²) in [4.78, 5) is 5.96. The standard InChI is InChI=1S/C15H18BrFN2S/c1-3-7-18-9-14-13(4-2)19-15(20-14)10-5-6-12(17)11(16)8-10/h5-6,8,18H,3-4,7,9H2,1-2H3. The van der Waals surface area contributed by atoms with Crippen LogP contribution in [0.25, 0.3) is 10.6 Å². The normalized spacial score (nSPS) is 11.0. The highest BCUT2D eigenvalue weighted by atomic mass is 79.9. The van der Waals surface area contributed by atoms with Gasteiger partial charge in [-0.1, -0.05) is 13.8 Å². The van der Waals surface area contributed by atoms with Crippen LogP contribution in [-0.2, 0) is 13.0 Å². The molecule has 108 valence electrons. The van der Waals surface area contributed by atoms with E-state index < -0.39 is 0 Å². The van der Waals surface area contributed by atoms with Crippen LogP contribution in [0.2, 0.25) is 0 Å². The lowest BCUT2D eigenvalue weighted by atomic mass is 10.2. The van der Waals surface area contributed by atoms with Crippen LogP contribution in [0, 0.1) is 5.82 Å². The van der Waals surface area contributed by atoms with Gasteiger partial charge in [0, 0.05) is 17.0 Å². The Hall–Kier alpha value is -0.780. The van der Waals surface area contributed by atoms with E-state index in [0.29, 0.717) is 4.47 Å². The van der Waals surface area contributed by atoms with Crippen molar-refractivity contribution >= 4 is 27.3 Å². The molecule has 0 spiro atoms. The molecule has 0 saturated heterocycles. The molecule has 0 amide bonds. The van der Waals surface area contributed by atoms with E-state index in [2.05, 4.69) is 40.1 Å². The van der Waals surface area contributed by atoms with Gasteiger partial charge in [0.25, 0.3) is 0 Å². The summed E-state index contributed by atoms with van der Waals surface area (Å²) in [7, 11) is 0. The SMILES string of the molecule is CCCNCc1sc(-c2ccc(F)c(Br)c2)nc1CC. The number of halogens is 2. The van der Waals surface area contributed by atoms with E-state index in [0.717, 1.165) is 42.2 Å². The highest BCUT2D eigenvalue weighted by Crippen LogP contribution is 2.31. The Morgan fingerprint density at radius 1 is 1.35 bits per heavy atom. The number of nitrogens with zero attached hydrogens (tertiary/aromatic N) is 1. The third-order valence-electron chi connectivity index (χ3n) is 2.99. The van der Waals surface area contributed by atoms with E-state index in [-0.39, 0.29) is 5.82 Å². The van der Waals surface area contributed by atoms with Gasteiger partial charge >= 0.3 is 0 Å². The Bertz CT molecular complexity index is 583. The zero-order valence-corrected chi connectivity index (χ0v) is 14.1. The molecule has 0 unspecified atom stereocenters. The number of hydrogen-bond donors (Lipinski definition) is 1. The van der Waals surface area contributed by atoms with Gasteiger partial charge in [0.1, 0.15) is 10.8 Å². The maximum Gasteiger partial charge on any atom is 0.137 e. The topological polar surface area (TPSA) is 24.9 Å². The second kappa shape index (κ2) is 7.29. The molecule has 0 radical (unpaired) electrons. The van der Waals surface area contributed by atoms with E-state index in [9.17, 15) is 4.39 Å². The van der Waals surface area contributed by atoms with Crippen molar-refractivity contribution in [2.75, 3.05) is 6.54 Å². The average molecular weight is 357 g/mol. The summed E-state index contributed by atoms with van der Waals surface area (Å²) < 4.78 is 13.8. The summed E-state index contributed by atoms with van der Waals surface area (Å²) in [5.41, 5.74) is 2.09. The van der Waals surface area contributed by atoms with Gasteiger partial charge in [0.15, 0.2) is 0 Å². The fourth-order valence-electron chi connectivity index (χ4n) is 1.93. The van der Waals surface area contributed by atoms with Gasteiger partial charge in [0.2, 0.25) is 0 Å². The maximum atomic E-state index is 13.3. The quantitative estimate of drug-likeness (QED) is 0.753. The molecule has 0 aliphatic rings. The van der Waals surface area contributed by atoms with Gasteiger partial charge in [-0.2, -0.15) is 0 Å². The molecule has 0 aliphatic heterocycles. The van der Waals surface area contributed by atoms with Crippen molar-refractivity contribution in [3.63, 3.8) is 0 Å². The van der Waals surface area contributed by atoms with Crippen LogP contribution in [0.5, 0.6) is 0 Å². The lowest BCUT2D eigenvalue weighted by Crippen LogP contribution is -2.13. The van der Waals surface area contributed by atoms with Crippen molar-refractivity contribution in [1.29, 1.82) is 0 Å². The number of aryl methyl sites for hydroxylation is 1. The van der Waals surface area contributed by atoms with Crippen molar-refractivity contribution < 1.29 is 4.39 Å². The monoisotopic (exact) mass is 356 g/mol. The van der Waals surface area contributed by atoms with Crippen LogP contribution in [-0.4, -0.2) is 11.5 Å². The third kappa shape index (κ3) is 3.65. The second-order valence-corrected chi connectivity index (χ2v) is 6.49. The maximum absolute atomic E-state index is 13.3. The first-order chi connectivity index (χ1) is 9.65. The van der Waals surface area contributed by atoms with Crippen molar-refractivity contribution in [3.8, 4) is 10.6 Å².